The molecule has 1 fully saturated rings. The molecule has 1 N–H and O–H groups in total. The molecule has 38 heavy (non-hydrogen) atoms. The lowest BCUT2D eigenvalue weighted by atomic mass is 9.98. The van der Waals surface area contributed by atoms with Crippen LogP contribution >= 0.6 is 0 Å². The minimum absolute atomic E-state index is 0.0162. The molecular formula is C35H27NO2. The van der Waals surface area contributed by atoms with Crippen LogP contribution in [0.25, 0.3) is 38.6 Å². The molecule has 184 valence electrons. The molecular weight excluding hydrogens is 466 g/mol. The zero-order valence-electron chi connectivity index (χ0n) is 21.1. The summed E-state index contributed by atoms with van der Waals surface area (Å²) >= 11 is 0. The molecule has 1 aliphatic rings. The fourth-order valence-electron chi connectivity index (χ4n) is 6.40. The minimum atomic E-state index is -0.785. The van der Waals surface area contributed by atoms with Crippen molar-refractivity contribution < 1.29 is 9.90 Å². The summed E-state index contributed by atoms with van der Waals surface area (Å²) in [5.41, 5.74) is 7.17. The van der Waals surface area contributed by atoms with Gasteiger partial charge >= 0.3 is 5.97 Å². The van der Waals surface area contributed by atoms with E-state index < -0.39 is 11.4 Å². The Morgan fingerprint density at radius 2 is 1.05 bits per heavy atom. The average molecular weight is 494 g/mol. The molecule has 0 saturated heterocycles. The molecule has 0 spiro atoms. The molecule has 3 atom stereocenters. The van der Waals surface area contributed by atoms with Crippen LogP contribution in [0.5, 0.6) is 0 Å². The van der Waals surface area contributed by atoms with Gasteiger partial charge in [0.2, 0.25) is 0 Å². The Kier molecular flexibility index (Phi) is 5.02. The van der Waals surface area contributed by atoms with Crippen LogP contribution in [0.2, 0.25) is 0 Å². The smallest absolute Gasteiger partial charge is 0.310 e. The molecule has 6 aromatic rings. The molecule has 0 aliphatic heterocycles. The number of carboxylic acid groups (broad SMARTS) is 1. The van der Waals surface area contributed by atoms with Crippen molar-refractivity contribution in [3.8, 4) is 16.8 Å². The van der Waals surface area contributed by atoms with E-state index in [0.29, 0.717) is 0 Å². The zero-order chi connectivity index (χ0) is 25.9. The quantitative estimate of drug-likeness (QED) is 0.262. The molecule has 0 amide bonds. The first-order chi connectivity index (χ1) is 18.6. The number of hydrogen-bond donors (Lipinski definition) is 1. The van der Waals surface area contributed by atoms with Crippen molar-refractivity contribution in [3.05, 3.63) is 139 Å². The van der Waals surface area contributed by atoms with Crippen LogP contribution in [-0.2, 0) is 4.79 Å². The molecule has 3 nitrogen and oxygen atoms in total. The number of rotatable bonds is 5. The Balaban J connectivity index is 1.21. The van der Waals surface area contributed by atoms with E-state index in [2.05, 4.69) is 102 Å². The van der Waals surface area contributed by atoms with Crippen LogP contribution < -0.4 is 0 Å². The van der Waals surface area contributed by atoms with Gasteiger partial charge in [0.05, 0.1) is 16.4 Å². The number of para-hydroxylation sites is 2. The second kappa shape index (κ2) is 8.46. The molecule has 7 rings (SSSR count). The van der Waals surface area contributed by atoms with Gasteiger partial charge < -0.3 is 9.67 Å². The van der Waals surface area contributed by atoms with Gasteiger partial charge in [-0.2, -0.15) is 0 Å². The van der Waals surface area contributed by atoms with Crippen molar-refractivity contribution in [3.63, 3.8) is 0 Å². The van der Waals surface area contributed by atoms with Gasteiger partial charge in [-0.05, 0) is 53.4 Å². The maximum absolute atomic E-state index is 12.2. The standard InChI is InChI=1S/C35H27NO2/c1-35(34(37)38)32(25-9-3-2-4-10-25)33(35)26-17-15-23(16-18-26)24-19-21-27(22-20-24)36-30-13-7-5-11-28(30)29-12-6-8-14-31(29)36/h2-22,32-33H,1H3,(H,37,38)/t32-,33-,35+/m0/s1. The van der Waals surface area contributed by atoms with Crippen molar-refractivity contribution in [2.45, 2.75) is 18.8 Å². The highest BCUT2D eigenvalue weighted by Gasteiger charge is 2.67. The Morgan fingerprint density at radius 3 is 1.58 bits per heavy atom. The molecule has 1 heterocycles. The summed E-state index contributed by atoms with van der Waals surface area (Å²) in [6.45, 7) is 1.87. The predicted octanol–water partition coefficient (Wildman–Crippen LogP) is 8.42. The summed E-state index contributed by atoms with van der Waals surface area (Å²) in [7, 11) is 0. The Morgan fingerprint density at radius 1 is 0.605 bits per heavy atom. The van der Waals surface area contributed by atoms with E-state index in [4.69, 9.17) is 0 Å². The van der Waals surface area contributed by atoms with Crippen LogP contribution in [0, 0.1) is 5.41 Å². The topological polar surface area (TPSA) is 42.2 Å². The van der Waals surface area contributed by atoms with Gasteiger partial charge in [-0.1, -0.05) is 103 Å². The highest BCUT2D eigenvalue weighted by atomic mass is 16.4. The number of aliphatic carboxylic acids is 1. The van der Waals surface area contributed by atoms with Crippen molar-refractivity contribution in [2.24, 2.45) is 5.41 Å². The van der Waals surface area contributed by atoms with Crippen molar-refractivity contribution >= 4 is 27.8 Å². The van der Waals surface area contributed by atoms with Gasteiger partial charge in [-0.25, -0.2) is 0 Å². The van der Waals surface area contributed by atoms with E-state index in [0.717, 1.165) is 27.9 Å². The molecule has 1 aliphatic carbocycles. The molecule has 0 radical (unpaired) electrons. The number of fused-ring (bicyclic) bond motifs is 3. The minimum Gasteiger partial charge on any atom is -0.481 e. The summed E-state index contributed by atoms with van der Waals surface area (Å²) in [4.78, 5) is 12.2. The number of carbonyl (C=O) groups is 1. The molecule has 1 saturated carbocycles. The monoisotopic (exact) mass is 493 g/mol. The molecule has 3 heteroatoms. The third-order valence-electron chi connectivity index (χ3n) is 8.44. The first-order valence-electron chi connectivity index (χ1n) is 13.0. The molecule has 5 aromatic carbocycles. The molecule has 0 unspecified atom stereocenters. The van der Waals surface area contributed by atoms with Crippen LogP contribution in [0.15, 0.2) is 127 Å². The number of carboxylic acids is 1. The van der Waals surface area contributed by atoms with Crippen molar-refractivity contribution in [1.29, 1.82) is 0 Å². The van der Waals surface area contributed by atoms with Gasteiger partial charge in [0.25, 0.3) is 0 Å². The Hall–Kier alpha value is -4.63. The van der Waals surface area contributed by atoms with E-state index in [9.17, 15) is 9.90 Å². The largest absolute Gasteiger partial charge is 0.481 e. The third-order valence-corrected chi connectivity index (χ3v) is 8.44. The maximum atomic E-state index is 12.2. The summed E-state index contributed by atoms with van der Waals surface area (Å²) in [6, 6.07) is 44.2. The summed E-state index contributed by atoms with van der Waals surface area (Å²) in [5.74, 6) is -0.784. The number of nitrogens with zero attached hydrogens (tertiary/aromatic N) is 1. The first kappa shape index (κ1) is 22.6. The number of aromatic nitrogens is 1. The average Bonchev–Trinajstić information content (AvgIpc) is 3.48. The first-order valence-corrected chi connectivity index (χ1v) is 13.0. The van der Waals surface area contributed by atoms with Crippen LogP contribution in [0.4, 0.5) is 0 Å². The zero-order valence-corrected chi connectivity index (χ0v) is 21.1. The second-order valence-corrected chi connectivity index (χ2v) is 10.5. The lowest BCUT2D eigenvalue weighted by Crippen LogP contribution is -2.14. The Bertz CT molecular complexity index is 1750. The van der Waals surface area contributed by atoms with Gasteiger partial charge in [0, 0.05) is 28.3 Å². The summed E-state index contributed by atoms with van der Waals surface area (Å²) in [6.07, 6.45) is 0. The van der Waals surface area contributed by atoms with Crippen LogP contribution in [0.3, 0.4) is 0 Å². The van der Waals surface area contributed by atoms with E-state index in [-0.39, 0.29) is 11.8 Å². The van der Waals surface area contributed by atoms with Crippen molar-refractivity contribution in [2.75, 3.05) is 0 Å². The highest BCUT2D eigenvalue weighted by Crippen LogP contribution is 2.70. The van der Waals surface area contributed by atoms with Crippen molar-refractivity contribution in [1.82, 2.24) is 4.57 Å². The third kappa shape index (κ3) is 3.32. The SMILES string of the molecule is C[C@@]1(C(=O)O)[C@@H](c2ccccc2)[C@@H]1c1ccc(-c2ccc(-n3c4ccccc4c4ccccc43)cc2)cc1. The fraction of sp³-hybridized carbons (Fsp3) is 0.114. The van der Waals surface area contributed by atoms with Crippen LogP contribution in [0.1, 0.15) is 29.9 Å². The maximum Gasteiger partial charge on any atom is 0.310 e. The van der Waals surface area contributed by atoms with E-state index in [1.54, 1.807) is 0 Å². The van der Waals surface area contributed by atoms with Gasteiger partial charge in [0.15, 0.2) is 0 Å². The van der Waals surface area contributed by atoms with E-state index in [1.807, 2.05) is 37.3 Å². The van der Waals surface area contributed by atoms with Gasteiger partial charge in [0.1, 0.15) is 0 Å². The lowest BCUT2D eigenvalue weighted by Gasteiger charge is -2.10. The van der Waals surface area contributed by atoms with Crippen LogP contribution in [-0.4, -0.2) is 15.6 Å². The van der Waals surface area contributed by atoms with E-state index in [1.165, 1.54) is 21.8 Å². The van der Waals surface area contributed by atoms with Gasteiger partial charge in [-0.15, -0.1) is 0 Å². The Labute approximate surface area is 221 Å². The second-order valence-electron chi connectivity index (χ2n) is 10.5. The van der Waals surface area contributed by atoms with Gasteiger partial charge in [-0.3, -0.25) is 4.79 Å². The predicted molar refractivity (Wildman–Crippen MR) is 154 cm³/mol. The highest BCUT2D eigenvalue weighted by molar-refractivity contribution is 6.09. The lowest BCUT2D eigenvalue weighted by molar-refractivity contribution is -0.143. The van der Waals surface area contributed by atoms with E-state index >= 15 is 0 Å². The molecule has 0 bridgehead atoms. The number of hydrogen-bond acceptors (Lipinski definition) is 1. The summed E-state index contributed by atoms with van der Waals surface area (Å²) < 4.78 is 2.32. The number of benzene rings is 5. The summed E-state index contributed by atoms with van der Waals surface area (Å²) in [5, 5.41) is 12.6. The fourth-order valence-corrected chi connectivity index (χ4v) is 6.40. The molecule has 1 aromatic heterocycles. The normalized spacial score (nSPS) is 20.6.